The summed E-state index contributed by atoms with van der Waals surface area (Å²) in [5, 5.41) is 2.83. The molecule has 1 amide bonds. The van der Waals surface area contributed by atoms with Crippen molar-refractivity contribution in [2.24, 2.45) is 0 Å². The van der Waals surface area contributed by atoms with E-state index in [4.69, 9.17) is 0 Å². The van der Waals surface area contributed by atoms with Crippen LogP contribution >= 0.6 is 11.8 Å². The monoisotopic (exact) mass is 465 g/mol. The Morgan fingerprint density at radius 1 is 1.26 bits per heavy atom. The maximum atomic E-state index is 14.0. The molecule has 31 heavy (non-hydrogen) atoms. The van der Waals surface area contributed by atoms with E-state index in [9.17, 15) is 17.6 Å². The number of sulfonamides is 1. The van der Waals surface area contributed by atoms with Gasteiger partial charge in [0.1, 0.15) is 16.8 Å². The Balaban J connectivity index is 1.69. The predicted molar refractivity (Wildman–Crippen MR) is 123 cm³/mol. The lowest BCUT2D eigenvalue weighted by atomic mass is 9.99. The molecule has 3 rings (SSSR count). The molecule has 0 saturated carbocycles. The van der Waals surface area contributed by atoms with E-state index in [0.29, 0.717) is 18.7 Å². The standard InChI is InChI=1S/C22H28FN3O3S2/c1-26-12-5-6-17-14-16(9-10-20(17)26)15-24-22(27)19(11-13-30-2)25-31(28,29)21-8-4-3-7-18(21)23/h3-4,7-10,14,19,25H,5-6,11-13,15H2,1-2H3,(H,24,27). The summed E-state index contributed by atoms with van der Waals surface area (Å²) in [7, 11) is -2.10. The molecule has 0 aliphatic carbocycles. The molecule has 2 N–H and O–H groups in total. The van der Waals surface area contributed by atoms with Crippen LogP contribution in [-0.4, -0.2) is 46.0 Å². The second-order valence-corrected chi connectivity index (χ2v) is 10.3. The SMILES string of the molecule is CSCCC(NS(=O)(=O)c1ccccc1F)C(=O)NCc1ccc2c(c1)CCCN2C. The Morgan fingerprint density at radius 3 is 2.77 bits per heavy atom. The molecule has 0 spiro atoms. The van der Waals surface area contributed by atoms with Gasteiger partial charge in [0.05, 0.1) is 0 Å². The fraction of sp³-hybridized carbons (Fsp3) is 0.409. The molecule has 0 aromatic heterocycles. The highest BCUT2D eigenvalue weighted by atomic mass is 32.2. The Labute approximate surface area is 187 Å². The van der Waals surface area contributed by atoms with E-state index in [-0.39, 0.29) is 0 Å². The maximum absolute atomic E-state index is 14.0. The lowest BCUT2D eigenvalue weighted by molar-refractivity contribution is -0.122. The molecule has 6 nitrogen and oxygen atoms in total. The van der Waals surface area contributed by atoms with E-state index in [0.717, 1.165) is 31.0 Å². The van der Waals surface area contributed by atoms with Crippen molar-refractivity contribution in [3.05, 3.63) is 59.4 Å². The van der Waals surface area contributed by atoms with Gasteiger partial charge in [0.2, 0.25) is 15.9 Å². The summed E-state index contributed by atoms with van der Waals surface area (Å²) in [6.07, 6.45) is 4.27. The topological polar surface area (TPSA) is 78.5 Å². The first-order valence-electron chi connectivity index (χ1n) is 10.2. The third kappa shape index (κ3) is 5.99. The summed E-state index contributed by atoms with van der Waals surface area (Å²) < 4.78 is 41.7. The van der Waals surface area contributed by atoms with Gasteiger partial charge >= 0.3 is 0 Å². The van der Waals surface area contributed by atoms with Crippen LogP contribution in [0.4, 0.5) is 10.1 Å². The minimum absolute atomic E-state index is 0.299. The molecule has 1 unspecified atom stereocenters. The minimum atomic E-state index is -4.17. The number of halogens is 1. The summed E-state index contributed by atoms with van der Waals surface area (Å²) in [6.45, 7) is 1.33. The normalized spacial score (nSPS) is 14.7. The number of carbonyl (C=O) groups is 1. The quantitative estimate of drug-likeness (QED) is 0.595. The first-order chi connectivity index (χ1) is 14.8. The van der Waals surface area contributed by atoms with Gasteiger partial charge in [-0.3, -0.25) is 4.79 Å². The third-order valence-electron chi connectivity index (χ3n) is 5.31. The van der Waals surface area contributed by atoms with Gasteiger partial charge in [-0.05, 0) is 60.6 Å². The largest absolute Gasteiger partial charge is 0.374 e. The lowest BCUT2D eigenvalue weighted by Gasteiger charge is -2.28. The van der Waals surface area contributed by atoms with Gasteiger partial charge in [0.15, 0.2) is 0 Å². The van der Waals surface area contributed by atoms with Gasteiger partial charge in [0, 0.05) is 25.8 Å². The van der Waals surface area contributed by atoms with Crippen molar-refractivity contribution in [3.8, 4) is 0 Å². The van der Waals surface area contributed by atoms with Crippen molar-refractivity contribution in [2.75, 3.05) is 30.5 Å². The van der Waals surface area contributed by atoms with Crippen LogP contribution in [0, 0.1) is 5.82 Å². The minimum Gasteiger partial charge on any atom is -0.374 e. The number of nitrogens with zero attached hydrogens (tertiary/aromatic N) is 1. The van der Waals surface area contributed by atoms with Crippen LogP contribution in [-0.2, 0) is 27.8 Å². The fourth-order valence-electron chi connectivity index (χ4n) is 3.65. The van der Waals surface area contributed by atoms with Crippen molar-refractivity contribution in [1.82, 2.24) is 10.0 Å². The molecule has 0 saturated heterocycles. The number of rotatable bonds is 9. The van der Waals surface area contributed by atoms with Gasteiger partial charge in [-0.15, -0.1) is 0 Å². The number of carbonyl (C=O) groups excluding carboxylic acids is 1. The molecular formula is C22H28FN3O3S2. The van der Waals surface area contributed by atoms with Crippen molar-refractivity contribution in [2.45, 2.75) is 36.7 Å². The molecule has 1 heterocycles. The summed E-state index contributed by atoms with van der Waals surface area (Å²) in [6, 6.07) is 10.3. The van der Waals surface area contributed by atoms with E-state index in [1.165, 1.54) is 41.2 Å². The molecule has 1 aliphatic rings. The van der Waals surface area contributed by atoms with E-state index >= 15 is 0 Å². The number of hydrogen-bond donors (Lipinski definition) is 2. The van der Waals surface area contributed by atoms with Crippen molar-refractivity contribution in [3.63, 3.8) is 0 Å². The molecule has 0 bridgehead atoms. The summed E-state index contributed by atoms with van der Waals surface area (Å²) in [5.74, 6) is -0.690. The van der Waals surface area contributed by atoms with Crippen molar-refractivity contribution >= 4 is 33.4 Å². The van der Waals surface area contributed by atoms with Crippen LogP contribution in [0.15, 0.2) is 47.4 Å². The van der Waals surface area contributed by atoms with Crippen LogP contribution in [0.5, 0.6) is 0 Å². The fourth-order valence-corrected chi connectivity index (χ4v) is 5.43. The Kier molecular flexibility index (Phi) is 7.96. The number of amides is 1. The van der Waals surface area contributed by atoms with Gasteiger partial charge < -0.3 is 10.2 Å². The number of aryl methyl sites for hydroxylation is 1. The van der Waals surface area contributed by atoms with Crippen molar-refractivity contribution < 1.29 is 17.6 Å². The maximum Gasteiger partial charge on any atom is 0.244 e. The van der Waals surface area contributed by atoms with Crippen LogP contribution in [0.1, 0.15) is 24.0 Å². The zero-order valence-electron chi connectivity index (χ0n) is 17.7. The zero-order valence-corrected chi connectivity index (χ0v) is 19.4. The highest BCUT2D eigenvalue weighted by Crippen LogP contribution is 2.26. The van der Waals surface area contributed by atoms with Gasteiger partial charge in [-0.1, -0.05) is 24.3 Å². The number of fused-ring (bicyclic) bond motifs is 1. The number of benzene rings is 2. The average Bonchev–Trinajstić information content (AvgIpc) is 2.75. The second-order valence-electron chi connectivity index (χ2n) is 7.59. The van der Waals surface area contributed by atoms with E-state index in [1.54, 1.807) is 0 Å². The van der Waals surface area contributed by atoms with Gasteiger partial charge in [0.25, 0.3) is 0 Å². The molecule has 2 aromatic carbocycles. The Hall–Kier alpha value is -2.10. The van der Waals surface area contributed by atoms with Gasteiger partial charge in [-0.2, -0.15) is 16.5 Å². The molecule has 168 valence electrons. The van der Waals surface area contributed by atoms with Crippen LogP contribution in [0.25, 0.3) is 0 Å². The highest BCUT2D eigenvalue weighted by molar-refractivity contribution is 7.98. The molecule has 0 radical (unpaired) electrons. The molecule has 1 aliphatic heterocycles. The van der Waals surface area contributed by atoms with Gasteiger partial charge in [-0.25, -0.2) is 12.8 Å². The number of nitrogens with one attached hydrogen (secondary N) is 2. The predicted octanol–water partition coefficient (Wildman–Crippen LogP) is 2.92. The first-order valence-corrected chi connectivity index (χ1v) is 13.1. The molecule has 0 fully saturated rings. The molecular weight excluding hydrogens is 437 g/mol. The van der Waals surface area contributed by atoms with E-state index < -0.39 is 32.7 Å². The summed E-state index contributed by atoms with van der Waals surface area (Å²) >= 11 is 1.51. The number of thioether (sulfide) groups is 1. The Morgan fingerprint density at radius 2 is 2.03 bits per heavy atom. The molecule has 2 aromatic rings. The van der Waals surface area contributed by atoms with Crippen LogP contribution in [0.3, 0.4) is 0 Å². The molecule has 1 atom stereocenters. The number of hydrogen-bond acceptors (Lipinski definition) is 5. The second kappa shape index (κ2) is 10.5. The third-order valence-corrected chi connectivity index (χ3v) is 7.46. The average molecular weight is 466 g/mol. The van der Waals surface area contributed by atoms with Crippen molar-refractivity contribution in [1.29, 1.82) is 0 Å². The smallest absolute Gasteiger partial charge is 0.244 e. The van der Waals surface area contributed by atoms with E-state index in [1.807, 2.05) is 12.3 Å². The van der Waals surface area contributed by atoms with Crippen LogP contribution < -0.4 is 14.9 Å². The summed E-state index contributed by atoms with van der Waals surface area (Å²) in [5.41, 5.74) is 3.42. The number of anilines is 1. The van der Waals surface area contributed by atoms with Crippen LogP contribution in [0.2, 0.25) is 0 Å². The summed E-state index contributed by atoms with van der Waals surface area (Å²) in [4.78, 5) is 14.6. The first kappa shape index (κ1) is 23.6. The Bertz CT molecular complexity index is 1030. The zero-order chi connectivity index (χ0) is 22.4. The molecule has 9 heteroatoms. The highest BCUT2D eigenvalue weighted by Gasteiger charge is 2.27. The van der Waals surface area contributed by atoms with E-state index in [2.05, 4.69) is 34.1 Å². The lowest BCUT2D eigenvalue weighted by Crippen LogP contribution is -2.47.